The standard InChI is InChI=1S/C15H11BFNO3/c1-8-12-6-9(2-4-11(12)15(19)18-8)13-7-10(16(20)21)3-5-14(13)17/h2-7,20-21H,1H2,(H,18,19). The van der Waals surface area contributed by atoms with E-state index in [1.54, 1.807) is 18.2 Å². The van der Waals surface area contributed by atoms with Gasteiger partial charge in [0.15, 0.2) is 0 Å². The molecule has 3 N–H and O–H groups in total. The highest BCUT2D eigenvalue weighted by Crippen LogP contribution is 2.30. The minimum Gasteiger partial charge on any atom is -0.423 e. The zero-order chi connectivity index (χ0) is 15.1. The summed E-state index contributed by atoms with van der Waals surface area (Å²) in [6, 6.07) is 8.72. The van der Waals surface area contributed by atoms with Crippen LogP contribution in [0.15, 0.2) is 43.0 Å². The molecule has 0 bridgehead atoms. The van der Waals surface area contributed by atoms with E-state index in [-0.39, 0.29) is 16.9 Å². The van der Waals surface area contributed by atoms with Gasteiger partial charge in [0.1, 0.15) is 5.82 Å². The molecule has 1 heterocycles. The number of benzene rings is 2. The second kappa shape index (κ2) is 4.84. The van der Waals surface area contributed by atoms with Crippen molar-refractivity contribution < 1.29 is 19.2 Å². The number of nitrogens with one attached hydrogen (secondary N) is 1. The van der Waals surface area contributed by atoms with Crippen LogP contribution in [0.1, 0.15) is 15.9 Å². The zero-order valence-electron chi connectivity index (χ0n) is 10.9. The quantitative estimate of drug-likeness (QED) is 0.717. The Morgan fingerprint density at radius 2 is 1.81 bits per heavy atom. The molecule has 0 saturated carbocycles. The molecule has 21 heavy (non-hydrogen) atoms. The summed E-state index contributed by atoms with van der Waals surface area (Å²) in [6.07, 6.45) is 0. The van der Waals surface area contributed by atoms with Crippen LogP contribution >= 0.6 is 0 Å². The van der Waals surface area contributed by atoms with Crippen molar-refractivity contribution >= 4 is 24.2 Å². The largest absolute Gasteiger partial charge is 0.488 e. The summed E-state index contributed by atoms with van der Waals surface area (Å²) in [7, 11) is -1.67. The molecule has 2 aromatic rings. The number of rotatable bonds is 2. The summed E-state index contributed by atoms with van der Waals surface area (Å²) in [5.74, 6) is -0.719. The molecular formula is C15H11BFNO3. The number of hydrogen-bond donors (Lipinski definition) is 3. The molecular weight excluding hydrogens is 272 g/mol. The van der Waals surface area contributed by atoms with Gasteiger partial charge in [-0.3, -0.25) is 4.79 Å². The van der Waals surface area contributed by atoms with E-state index in [0.29, 0.717) is 22.4 Å². The van der Waals surface area contributed by atoms with E-state index >= 15 is 0 Å². The lowest BCUT2D eigenvalue weighted by Crippen LogP contribution is -2.29. The second-order valence-electron chi connectivity index (χ2n) is 4.81. The van der Waals surface area contributed by atoms with Gasteiger partial charge in [0.05, 0.1) is 0 Å². The maximum atomic E-state index is 14.0. The van der Waals surface area contributed by atoms with Gasteiger partial charge in [-0.2, -0.15) is 0 Å². The molecule has 0 spiro atoms. The van der Waals surface area contributed by atoms with Crippen LogP contribution in [0, 0.1) is 5.82 Å². The Kier molecular flexibility index (Phi) is 3.12. The van der Waals surface area contributed by atoms with E-state index in [4.69, 9.17) is 0 Å². The van der Waals surface area contributed by atoms with Crippen molar-refractivity contribution in [2.45, 2.75) is 0 Å². The molecule has 3 rings (SSSR count). The zero-order valence-corrected chi connectivity index (χ0v) is 10.9. The molecule has 0 radical (unpaired) electrons. The lowest BCUT2D eigenvalue weighted by molar-refractivity contribution is 0.0981. The van der Waals surface area contributed by atoms with E-state index in [1.165, 1.54) is 18.2 Å². The fourth-order valence-corrected chi connectivity index (χ4v) is 2.36. The van der Waals surface area contributed by atoms with Gasteiger partial charge in [0.2, 0.25) is 0 Å². The van der Waals surface area contributed by atoms with Gasteiger partial charge in [-0.25, -0.2) is 4.39 Å². The molecule has 1 aliphatic heterocycles. The maximum Gasteiger partial charge on any atom is 0.488 e. The van der Waals surface area contributed by atoms with Crippen molar-refractivity contribution in [3.63, 3.8) is 0 Å². The summed E-state index contributed by atoms with van der Waals surface area (Å²) in [5, 5.41) is 21.0. The van der Waals surface area contributed by atoms with E-state index in [1.807, 2.05) is 0 Å². The first-order chi connectivity index (χ1) is 9.97. The average molecular weight is 283 g/mol. The monoisotopic (exact) mass is 283 g/mol. The minimum absolute atomic E-state index is 0.194. The van der Waals surface area contributed by atoms with Crippen LogP contribution in [0.25, 0.3) is 16.8 Å². The summed E-state index contributed by atoms with van der Waals surface area (Å²) in [6.45, 7) is 3.74. The molecule has 0 fully saturated rings. The van der Waals surface area contributed by atoms with E-state index in [0.717, 1.165) is 0 Å². The molecule has 1 aliphatic rings. The summed E-state index contributed by atoms with van der Waals surface area (Å²) < 4.78 is 14.0. The van der Waals surface area contributed by atoms with Crippen LogP contribution < -0.4 is 10.8 Å². The van der Waals surface area contributed by atoms with E-state index in [9.17, 15) is 19.2 Å². The lowest BCUT2D eigenvalue weighted by Gasteiger charge is -2.08. The third-order valence-electron chi connectivity index (χ3n) is 3.45. The van der Waals surface area contributed by atoms with Gasteiger partial charge < -0.3 is 15.4 Å². The molecule has 6 heteroatoms. The maximum absolute atomic E-state index is 14.0. The fraction of sp³-hybridized carbons (Fsp3) is 0. The van der Waals surface area contributed by atoms with Crippen LogP contribution in [-0.4, -0.2) is 23.1 Å². The number of hydrogen-bond acceptors (Lipinski definition) is 3. The first-order valence-electron chi connectivity index (χ1n) is 6.28. The number of carbonyl (C=O) groups is 1. The number of carbonyl (C=O) groups excluding carboxylic acids is 1. The topological polar surface area (TPSA) is 69.6 Å². The summed E-state index contributed by atoms with van der Waals surface area (Å²) >= 11 is 0. The van der Waals surface area contributed by atoms with Crippen LogP contribution in [-0.2, 0) is 0 Å². The highest BCUT2D eigenvalue weighted by Gasteiger charge is 2.23. The predicted octanol–water partition coefficient (Wildman–Crippen LogP) is 0.887. The van der Waals surface area contributed by atoms with Gasteiger partial charge in [-0.05, 0) is 29.2 Å². The van der Waals surface area contributed by atoms with Crippen LogP contribution in [0.2, 0.25) is 0 Å². The molecule has 4 nitrogen and oxygen atoms in total. The normalized spacial score (nSPS) is 13.1. The SMILES string of the molecule is C=C1NC(=O)c2ccc(-c3cc(B(O)O)ccc3F)cc21. The van der Waals surface area contributed by atoms with E-state index < -0.39 is 12.9 Å². The van der Waals surface area contributed by atoms with Crippen molar-refractivity contribution in [2.75, 3.05) is 0 Å². The smallest absolute Gasteiger partial charge is 0.423 e. The molecule has 104 valence electrons. The predicted molar refractivity (Wildman–Crippen MR) is 78.2 cm³/mol. The number of amides is 1. The lowest BCUT2D eigenvalue weighted by atomic mass is 9.79. The Morgan fingerprint density at radius 1 is 1.05 bits per heavy atom. The van der Waals surface area contributed by atoms with Gasteiger partial charge in [-0.1, -0.05) is 24.8 Å². The molecule has 2 aromatic carbocycles. The molecule has 0 atom stereocenters. The van der Waals surface area contributed by atoms with Crippen LogP contribution in [0.3, 0.4) is 0 Å². The number of halogens is 1. The molecule has 0 saturated heterocycles. The minimum atomic E-state index is -1.67. The Hall–Kier alpha value is -2.44. The average Bonchev–Trinajstić information content (AvgIpc) is 2.74. The fourth-order valence-electron chi connectivity index (χ4n) is 2.36. The Balaban J connectivity index is 2.14. The van der Waals surface area contributed by atoms with Crippen LogP contribution in [0.4, 0.5) is 4.39 Å². The van der Waals surface area contributed by atoms with Crippen LogP contribution in [0.5, 0.6) is 0 Å². The van der Waals surface area contributed by atoms with Gasteiger partial charge in [-0.15, -0.1) is 0 Å². The molecule has 0 aliphatic carbocycles. The second-order valence-corrected chi connectivity index (χ2v) is 4.81. The first-order valence-corrected chi connectivity index (χ1v) is 6.28. The third kappa shape index (κ3) is 2.24. The highest BCUT2D eigenvalue weighted by molar-refractivity contribution is 6.58. The van der Waals surface area contributed by atoms with Gasteiger partial charge >= 0.3 is 7.12 Å². The molecule has 0 unspecified atom stereocenters. The molecule has 0 aromatic heterocycles. The molecule has 1 amide bonds. The third-order valence-corrected chi connectivity index (χ3v) is 3.45. The Labute approximate surface area is 120 Å². The van der Waals surface area contributed by atoms with Crippen molar-refractivity contribution in [2.24, 2.45) is 0 Å². The van der Waals surface area contributed by atoms with Gasteiger partial charge in [0.25, 0.3) is 5.91 Å². The van der Waals surface area contributed by atoms with Gasteiger partial charge in [0, 0.05) is 22.4 Å². The van der Waals surface area contributed by atoms with Crippen molar-refractivity contribution in [3.05, 3.63) is 59.9 Å². The summed E-state index contributed by atoms with van der Waals surface area (Å²) in [4.78, 5) is 11.6. The van der Waals surface area contributed by atoms with Crippen molar-refractivity contribution in [1.29, 1.82) is 0 Å². The van der Waals surface area contributed by atoms with Crippen molar-refractivity contribution in [1.82, 2.24) is 5.32 Å². The Bertz CT molecular complexity index is 774. The summed E-state index contributed by atoms with van der Waals surface area (Å²) in [5.41, 5.74) is 2.53. The highest BCUT2D eigenvalue weighted by atomic mass is 19.1. The first kappa shape index (κ1) is 13.5. The number of fused-ring (bicyclic) bond motifs is 1. The Morgan fingerprint density at radius 3 is 2.52 bits per heavy atom. The van der Waals surface area contributed by atoms with Crippen molar-refractivity contribution in [3.8, 4) is 11.1 Å². The van der Waals surface area contributed by atoms with E-state index in [2.05, 4.69) is 11.9 Å².